The van der Waals surface area contributed by atoms with E-state index in [0.29, 0.717) is 29.7 Å². The van der Waals surface area contributed by atoms with Gasteiger partial charge in [-0.3, -0.25) is 14.3 Å². The van der Waals surface area contributed by atoms with Gasteiger partial charge < -0.3 is 9.47 Å². The second-order valence-corrected chi connectivity index (χ2v) is 9.07. The van der Waals surface area contributed by atoms with Crippen molar-refractivity contribution in [1.29, 1.82) is 5.26 Å². The molecule has 178 valence electrons. The molecule has 0 spiro atoms. The van der Waals surface area contributed by atoms with Crippen LogP contribution in [0.3, 0.4) is 0 Å². The van der Waals surface area contributed by atoms with Crippen molar-refractivity contribution >= 4 is 27.6 Å². The van der Waals surface area contributed by atoms with Crippen LogP contribution in [0.15, 0.2) is 59.3 Å². The highest BCUT2D eigenvalue weighted by Gasteiger charge is 2.25. The molecule has 1 aliphatic carbocycles. The van der Waals surface area contributed by atoms with E-state index in [1.807, 2.05) is 34.9 Å². The summed E-state index contributed by atoms with van der Waals surface area (Å²) in [5.41, 5.74) is 3.54. The number of hydrogen-bond donors (Lipinski definition) is 0. The smallest absolute Gasteiger partial charge is 0.278 e. The number of hydrogen-bond acceptors (Lipinski definition) is 5. The Bertz CT molecular complexity index is 1510. The van der Waals surface area contributed by atoms with Crippen molar-refractivity contribution in [2.45, 2.75) is 52.6 Å². The van der Waals surface area contributed by atoms with Crippen molar-refractivity contribution < 1.29 is 0 Å². The number of nitrogens with zero attached hydrogens (tertiary/aromatic N) is 6. The zero-order valence-electron chi connectivity index (χ0n) is 20.4. The molecule has 0 amide bonds. The van der Waals surface area contributed by atoms with Gasteiger partial charge in [0, 0.05) is 31.2 Å². The number of pyridine rings is 1. The van der Waals surface area contributed by atoms with E-state index in [2.05, 4.69) is 40.9 Å². The quantitative estimate of drug-likeness (QED) is 0.324. The van der Waals surface area contributed by atoms with Gasteiger partial charge in [0.1, 0.15) is 28.5 Å². The van der Waals surface area contributed by atoms with Gasteiger partial charge in [-0.05, 0) is 37.6 Å². The summed E-state index contributed by atoms with van der Waals surface area (Å²) in [6, 6.07) is 12.4. The van der Waals surface area contributed by atoms with Gasteiger partial charge in [-0.15, -0.1) is 0 Å². The average molecular weight is 467 g/mol. The topological polar surface area (TPSA) is 79.7 Å². The van der Waals surface area contributed by atoms with Crippen molar-refractivity contribution in [3.63, 3.8) is 0 Å². The molecule has 35 heavy (non-hydrogen) atoms. The van der Waals surface area contributed by atoms with Gasteiger partial charge in [-0.2, -0.15) is 5.26 Å². The van der Waals surface area contributed by atoms with Crippen LogP contribution in [0.2, 0.25) is 0 Å². The number of aromatic nitrogens is 4. The minimum atomic E-state index is -0.145. The highest BCUT2D eigenvalue weighted by Crippen LogP contribution is 2.32. The molecule has 0 N–H and O–H groups in total. The lowest BCUT2D eigenvalue weighted by Crippen LogP contribution is -2.28. The Hall–Kier alpha value is -3.92. The summed E-state index contributed by atoms with van der Waals surface area (Å²) in [6.45, 7) is 6.74. The lowest BCUT2D eigenvalue weighted by molar-refractivity contribution is 0.694. The van der Waals surface area contributed by atoms with Gasteiger partial charge in [0.05, 0.1) is 18.6 Å². The summed E-state index contributed by atoms with van der Waals surface area (Å²) in [7, 11) is 0. The van der Waals surface area contributed by atoms with E-state index >= 15 is 0 Å². The number of allylic oxidation sites excluding steroid dienone is 2. The van der Waals surface area contributed by atoms with E-state index in [9.17, 15) is 10.1 Å². The fraction of sp³-hybridized carbons (Fsp3) is 0.357. The van der Waals surface area contributed by atoms with Crippen LogP contribution in [-0.4, -0.2) is 32.2 Å². The zero-order chi connectivity index (χ0) is 24.4. The second-order valence-electron chi connectivity index (χ2n) is 9.07. The van der Waals surface area contributed by atoms with Crippen molar-refractivity contribution in [3.8, 4) is 6.07 Å². The Balaban J connectivity index is 1.68. The van der Waals surface area contributed by atoms with Crippen molar-refractivity contribution in [2.75, 3.05) is 18.0 Å². The largest absolute Gasteiger partial charge is 0.357 e. The molecule has 1 aromatic carbocycles. The highest BCUT2D eigenvalue weighted by atomic mass is 16.1. The summed E-state index contributed by atoms with van der Waals surface area (Å²) >= 11 is 0. The molecule has 0 atom stereocenters. The molecule has 7 nitrogen and oxygen atoms in total. The van der Waals surface area contributed by atoms with E-state index in [-0.39, 0.29) is 5.56 Å². The first kappa shape index (κ1) is 22.9. The summed E-state index contributed by atoms with van der Waals surface area (Å²) in [5.74, 6) is 0.807. The van der Waals surface area contributed by atoms with Gasteiger partial charge in [-0.1, -0.05) is 49.3 Å². The molecule has 0 radical (unpaired) electrons. The van der Waals surface area contributed by atoms with Crippen LogP contribution in [0.4, 0.5) is 5.82 Å². The monoisotopic (exact) mass is 466 g/mol. The first-order valence-corrected chi connectivity index (χ1v) is 12.4. The predicted octanol–water partition coefficient (Wildman–Crippen LogP) is 5.01. The SMILES string of the molecule is CCCCN(CC)c1c(C#N)c2ncn(Cc3nccc4ccccc34)c(=O)c2n1CC=C1CC1. The van der Waals surface area contributed by atoms with E-state index in [1.54, 1.807) is 17.1 Å². The molecule has 7 heteroatoms. The number of unbranched alkanes of at least 4 members (excludes halogenated alkanes) is 1. The number of fused-ring (bicyclic) bond motifs is 2. The van der Waals surface area contributed by atoms with Crippen LogP contribution in [0.1, 0.15) is 50.8 Å². The zero-order valence-corrected chi connectivity index (χ0v) is 20.4. The summed E-state index contributed by atoms with van der Waals surface area (Å²) in [4.78, 5) is 25.3. The van der Waals surface area contributed by atoms with E-state index in [4.69, 9.17) is 0 Å². The third kappa shape index (κ3) is 4.32. The van der Waals surface area contributed by atoms with E-state index < -0.39 is 0 Å². The normalized spacial score (nSPS) is 12.8. The Labute approximate surface area is 205 Å². The first-order valence-electron chi connectivity index (χ1n) is 12.4. The predicted molar refractivity (Wildman–Crippen MR) is 140 cm³/mol. The van der Waals surface area contributed by atoms with Gasteiger partial charge >= 0.3 is 0 Å². The molecular weight excluding hydrogens is 436 g/mol. The Morgan fingerprint density at radius 1 is 1.17 bits per heavy atom. The average Bonchev–Trinajstić information content (AvgIpc) is 3.66. The molecule has 4 aromatic rings. The van der Waals surface area contributed by atoms with Gasteiger partial charge in [0.2, 0.25) is 0 Å². The highest BCUT2D eigenvalue weighted by molar-refractivity contribution is 5.89. The number of rotatable bonds is 9. The van der Waals surface area contributed by atoms with Crippen LogP contribution in [-0.2, 0) is 13.1 Å². The molecule has 3 heterocycles. The standard InChI is InChI=1S/C28H30N6O/c1-3-5-15-32(4-2)27-23(17-29)25-26(34(27)16-13-20-10-11-20)28(35)33(19-31-25)18-24-22-9-7-6-8-21(22)12-14-30-24/h6-9,12-14,19H,3-5,10-11,15-16,18H2,1-2H3. The second kappa shape index (κ2) is 9.75. The Morgan fingerprint density at radius 2 is 2.00 bits per heavy atom. The summed E-state index contributed by atoms with van der Waals surface area (Å²) in [6.07, 6.45) is 9.84. The molecule has 5 rings (SSSR count). The molecule has 1 aliphatic rings. The minimum absolute atomic E-state index is 0.145. The first-order chi connectivity index (χ1) is 17.2. The van der Waals surface area contributed by atoms with Crippen molar-refractivity contribution in [1.82, 2.24) is 19.1 Å². The van der Waals surface area contributed by atoms with Crippen molar-refractivity contribution in [2.24, 2.45) is 0 Å². The lowest BCUT2D eigenvalue weighted by atomic mass is 10.1. The molecule has 0 aliphatic heterocycles. The Kier molecular flexibility index (Phi) is 6.37. The number of benzene rings is 1. The molecule has 3 aromatic heterocycles. The maximum Gasteiger partial charge on any atom is 0.278 e. The summed E-state index contributed by atoms with van der Waals surface area (Å²) < 4.78 is 3.63. The molecule has 0 bridgehead atoms. The maximum atomic E-state index is 13.9. The van der Waals surface area contributed by atoms with Gasteiger partial charge in [-0.25, -0.2) is 4.98 Å². The third-order valence-electron chi connectivity index (χ3n) is 6.75. The van der Waals surface area contributed by atoms with E-state index in [1.165, 1.54) is 5.57 Å². The maximum absolute atomic E-state index is 13.9. The molecule has 0 saturated heterocycles. The molecule has 1 fully saturated rings. The molecular formula is C28H30N6O. The van der Waals surface area contributed by atoms with Crippen LogP contribution in [0.25, 0.3) is 21.8 Å². The van der Waals surface area contributed by atoms with Gasteiger partial charge in [0.15, 0.2) is 0 Å². The van der Waals surface area contributed by atoms with Crippen LogP contribution in [0, 0.1) is 11.3 Å². The minimum Gasteiger partial charge on any atom is -0.357 e. The molecule has 1 saturated carbocycles. The Morgan fingerprint density at radius 3 is 2.74 bits per heavy atom. The van der Waals surface area contributed by atoms with Crippen LogP contribution in [0.5, 0.6) is 0 Å². The van der Waals surface area contributed by atoms with E-state index in [0.717, 1.165) is 61.1 Å². The fourth-order valence-electron chi connectivity index (χ4n) is 4.70. The number of anilines is 1. The lowest BCUT2D eigenvalue weighted by Gasteiger charge is -2.24. The third-order valence-corrected chi connectivity index (χ3v) is 6.75. The fourth-order valence-corrected chi connectivity index (χ4v) is 4.70. The van der Waals surface area contributed by atoms with Crippen LogP contribution < -0.4 is 10.5 Å². The summed E-state index contributed by atoms with van der Waals surface area (Å²) in [5, 5.41) is 12.2. The molecule has 0 unspecified atom stereocenters. The van der Waals surface area contributed by atoms with Crippen molar-refractivity contribution in [3.05, 3.63) is 76.1 Å². The van der Waals surface area contributed by atoms with Crippen LogP contribution >= 0.6 is 0 Å². The van der Waals surface area contributed by atoms with Gasteiger partial charge in [0.25, 0.3) is 5.56 Å². The number of nitriles is 1.